The molecular formula is C27H38ClN3O3. The van der Waals surface area contributed by atoms with Gasteiger partial charge in [0.25, 0.3) is 0 Å². The summed E-state index contributed by atoms with van der Waals surface area (Å²) in [5, 5.41) is 0. The molecule has 7 heteroatoms. The van der Waals surface area contributed by atoms with Crippen molar-refractivity contribution in [2.45, 2.75) is 65.8 Å². The van der Waals surface area contributed by atoms with Crippen LogP contribution in [0.4, 0.5) is 4.79 Å². The zero-order valence-corrected chi connectivity index (χ0v) is 21.5. The number of hydrogen-bond acceptors (Lipinski definition) is 4. The first-order valence-electron chi connectivity index (χ1n) is 11.7. The van der Waals surface area contributed by atoms with Crippen molar-refractivity contribution in [3.05, 3.63) is 71.3 Å². The maximum absolute atomic E-state index is 13.1. The van der Waals surface area contributed by atoms with Crippen LogP contribution in [0.1, 0.15) is 50.3 Å². The van der Waals surface area contributed by atoms with Gasteiger partial charge in [0.05, 0.1) is 6.04 Å². The van der Waals surface area contributed by atoms with Gasteiger partial charge >= 0.3 is 6.09 Å². The molecule has 6 nitrogen and oxygen atoms in total. The second-order valence-corrected chi connectivity index (χ2v) is 10.1. The van der Waals surface area contributed by atoms with Gasteiger partial charge in [0.15, 0.2) is 0 Å². The van der Waals surface area contributed by atoms with Gasteiger partial charge in [-0.1, -0.05) is 80.9 Å². The van der Waals surface area contributed by atoms with Gasteiger partial charge in [-0.15, -0.1) is 12.4 Å². The van der Waals surface area contributed by atoms with E-state index in [4.69, 9.17) is 10.5 Å². The summed E-state index contributed by atoms with van der Waals surface area (Å²) in [5.74, 6) is -0.0160. The molecule has 3 rings (SSSR count). The number of ether oxygens (including phenoxy) is 1. The van der Waals surface area contributed by atoms with Crippen LogP contribution >= 0.6 is 12.4 Å². The minimum absolute atomic E-state index is 0. The molecule has 1 heterocycles. The van der Waals surface area contributed by atoms with Gasteiger partial charge in [0, 0.05) is 25.7 Å². The molecule has 2 aromatic carbocycles. The number of amides is 2. The van der Waals surface area contributed by atoms with Crippen LogP contribution in [-0.4, -0.2) is 47.0 Å². The number of rotatable bonds is 6. The Morgan fingerprint density at radius 1 is 1.03 bits per heavy atom. The van der Waals surface area contributed by atoms with E-state index in [1.807, 2.05) is 80.0 Å². The molecule has 0 bridgehead atoms. The van der Waals surface area contributed by atoms with Gasteiger partial charge in [0.2, 0.25) is 5.91 Å². The van der Waals surface area contributed by atoms with Crippen LogP contribution in [-0.2, 0) is 22.7 Å². The molecule has 1 saturated heterocycles. The number of nitrogens with zero attached hydrogens (tertiary/aromatic N) is 2. The third kappa shape index (κ3) is 7.47. The van der Waals surface area contributed by atoms with Gasteiger partial charge in [0.1, 0.15) is 6.61 Å². The molecule has 0 unspecified atom stereocenters. The van der Waals surface area contributed by atoms with Crippen molar-refractivity contribution in [1.29, 1.82) is 0 Å². The van der Waals surface area contributed by atoms with Gasteiger partial charge in [-0.05, 0) is 36.3 Å². The quantitative estimate of drug-likeness (QED) is 0.627. The number of carbonyl (C=O) groups excluding carboxylic acids is 2. The van der Waals surface area contributed by atoms with Crippen molar-refractivity contribution in [1.82, 2.24) is 9.80 Å². The van der Waals surface area contributed by atoms with E-state index >= 15 is 0 Å². The van der Waals surface area contributed by atoms with E-state index < -0.39 is 6.04 Å². The molecule has 1 aliphatic rings. The number of benzene rings is 2. The van der Waals surface area contributed by atoms with Crippen molar-refractivity contribution in [3.63, 3.8) is 0 Å². The highest BCUT2D eigenvalue weighted by atomic mass is 35.5. The normalized spacial score (nSPS) is 15.3. The third-order valence-corrected chi connectivity index (χ3v) is 6.33. The highest BCUT2D eigenvalue weighted by molar-refractivity contribution is 5.85. The zero-order valence-electron chi connectivity index (χ0n) is 20.7. The second-order valence-electron chi connectivity index (χ2n) is 10.1. The average molecular weight is 488 g/mol. The molecule has 2 N–H and O–H groups in total. The Kier molecular flexibility index (Phi) is 9.95. The number of hydrogen-bond donors (Lipinski definition) is 1. The fraction of sp³-hybridized carbons (Fsp3) is 0.481. The monoisotopic (exact) mass is 487 g/mol. The van der Waals surface area contributed by atoms with E-state index in [0.29, 0.717) is 32.5 Å². The minimum atomic E-state index is -0.534. The van der Waals surface area contributed by atoms with Crippen LogP contribution in [0.25, 0.3) is 0 Å². The van der Waals surface area contributed by atoms with Crippen LogP contribution in [0.5, 0.6) is 0 Å². The summed E-state index contributed by atoms with van der Waals surface area (Å²) in [6, 6.07) is 17.4. The Morgan fingerprint density at radius 2 is 1.62 bits per heavy atom. The Balaban J connectivity index is 0.00000408. The number of likely N-dealkylation sites (tertiary alicyclic amines) is 1. The van der Waals surface area contributed by atoms with Crippen molar-refractivity contribution in [3.8, 4) is 0 Å². The van der Waals surface area contributed by atoms with E-state index in [-0.39, 0.29) is 42.5 Å². The Bertz CT molecular complexity index is 920. The van der Waals surface area contributed by atoms with Crippen LogP contribution in [0.2, 0.25) is 0 Å². The molecule has 2 aromatic rings. The van der Waals surface area contributed by atoms with E-state index in [9.17, 15) is 9.59 Å². The lowest BCUT2D eigenvalue weighted by Gasteiger charge is -2.40. The zero-order chi connectivity index (χ0) is 24.0. The fourth-order valence-corrected chi connectivity index (χ4v) is 4.00. The maximum Gasteiger partial charge on any atom is 0.410 e. The molecule has 1 atom stereocenters. The van der Waals surface area contributed by atoms with Gasteiger partial charge in [-0.3, -0.25) is 4.79 Å². The van der Waals surface area contributed by atoms with E-state index in [2.05, 4.69) is 12.1 Å². The van der Waals surface area contributed by atoms with E-state index in [1.54, 1.807) is 0 Å². The van der Waals surface area contributed by atoms with Gasteiger partial charge in [-0.2, -0.15) is 0 Å². The second kappa shape index (κ2) is 12.2. The summed E-state index contributed by atoms with van der Waals surface area (Å²) < 4.78 is 5.68. The molecule has 186 valence electrons. The van der Waals surface area contributed by atoms with Crippen LogP contribution < -0.4 is 5.73 Å². The molecule has 1 aliphatic heterocycles. The highest BCUT2D eigenvalue weighted by Gasteiger charge is 2.35. The van der Waals surface area contributed by atoms with Crippen LogP contribution in [0.3, 0.4) is 0 Å². The van der Waals surface area contributed by atoms with E-state index in [0.717, 1.165) is 11.1 Å². The number of carbonyl (C=O) groups is 2. The third-order valence-electron chi connectivity index (χ3n) is 6.33. The molecule has 34 heavy (non-hydrogen) atoms. The molecule has 1 fully saturated rings. The SMILES string of the molecule is Cc1ccc(CN(C(=O)OCc2ccccc2)C2CCN(C(=O)[C@@H](N)C(C)(C)C)CC2)cc1.Cl. The van der Waals surface area contributed by atoms with Crippen LogP contribution in [0.15, 0.2) is 54.6 Å². The Hall–Kier alpha value is -2.57. The minimum Gasteiger partial charge on any atom is -0.445 e. The maximum atomic E-state index is 13.1. The fourth-order valence-electron chi connectivity index (χ4n) is 4.00. The first kappa shape index (κ1) is 27.7. The van der Waals surface area contributed by atoms with Crippen molar-refractivity contribution < 1.29 is 14.3 Å². The average Bonchev–Trinajstić information content (AvgIpc) is 2.81. The Labute approximate surface area is 209 Å². The Morgan fingerprint density at radius 3 is 2.18 bits per heavy atom. The number of piperidine rings is 1. The first-order valence-corrected chi connectivity index (χ1v) is 11.7. The number of aryl methyl sites for hydroxylation is 1. The summed E-state index contributed by atoms with van der Waals surface area (Å²) in [7, 11) is 0. The summed E-state index contributed by atoms with van der Waals surface area (Å²) in [6.07, 6.45) is 1.08. The molecule has 0 aliphatic carbocycles. The summed E-state index contributed by atoms with van der Waals surface area (Å²) >= 11 is 0. The lowest BCUT2D eigenvalue weighted by atomic mass is 9.86. The van der Waals surface area contributed by atoms with Crippen molar-refractivity contribution >= 4 is 24.4 Å². The summed E-state index contributed by atoms with van der Waals surface area (Å²) in [5.41, 5.74) is 9.11. The van der Waals surface area contributed by atoms with Crippen LogP contribution in [0, 0.1) is 12.3 Å². The molecular weight excluding hydrogens is 450 g/mol. The largest absolute Gasteiger partial charge is 0.445 e. The molecule has 2 amide bonds. The molecule has 0 aromatic heterocycles. The first-order chi connectivity index (χ1) is 15.6. The predicted molar refractivity (Wildman–Crippen MR) is 138 cm³/mol. The summed E-state index contributed by atoms with van der Waals surface area (Å²) in [6.45, 7) is 9.88. The smallest absolute Gasteiger partial charge is 0.410 e. The van der Waals surface area contributed by atoms with Crippen molar-refractivity contribution in [2.24, 2.45) is 11.1 Å². The predicted octanol–water partition coefficient (Wildman–Crippen LogP) is 4.92. The van der Waals surface area contributed by atoms with Gasteiger partial charge < -0.3 is 20.3 Å². The highest BCUT2D eigenvalue weighted by Crippen LogP contribution is 2.24. The van der Waals surface area contributed by atoms with E-state index in [1.165, 1.54) is 5.56 Å². The standard InChI is InChI=1S/C27H37N3O3.ClH/c1-20-10-12-21(13-11-20)18-30(26(32)33-19-22-8-6-5-7-9-22)23-14-16-29(17-15-23)25(31)24(28)27(2,3)4;/h5-13,23-24H,14-19,28H2,1-4H3;1H/t24-;/m1./s1. The lowest BCUT2D eigenvalue weighted by molar-refractivity contribution is -0.136. The lowest BCUT2D eigenvalue weighted by Crippen LogP contribution is -2.54. The molecule has 0 radical (unpaired) electrons. The van der Waals surface area contributed by atoms with Gasteiger partial charge in [-0.25, -0.2) is 4.79 Å². The van der Waals surface area contributed by atoms with Crippen molar-refractivity contribution in [2.75, 3.05) is 13.1 Å². The summed E-state index contributed by atoms with van der Waals surface area (Å²) in [4.78, 5) is 29.6. The number of halogens is 1. The molecule has 0 saturated carbocycles. The topological polar surface area (TPSA) is 75.9 Å². The number of nitrogens with two attached hydrogens (primary N) is 1. The molecule has 0 spiro atoms.